The van der Waals surface area contributed by atoms with Crippen molar-refractivity contribution in [3.63, 3.8) is 0 Å². The summed E-state index contributed by atoms with van der Waals surface area (Å²) in [6.45, 7) is -3.40. The van der Waals surface area contributed by atoms with E-state index in [4.69, 9.17) is 18.9 Å². The minimum Gasteiger partial charge on any atom is -0.508 e. The van der Waals surface area contributed by atoms with Crippen LogP contribution in [-0.2, 0) is 18.9 Å². The Hall–Kier alpha value is -6.84. The van der Waals surface area contributed by atoms with Crippen molar-refractivity contribution in [3.05, 3.63) is 95.1 Å². The maximum absolute atomic E-state index is 13.0. The summed E-state index contributed by atoms with van der Waals surface area (Å²) in [5, 5.41) is 78.4. The number of aromatic hydroxyl groups is 8. The lowest BCUT2D eigenvalue weighted by molar-refractivity contribution is -0.0642. The minimum absolute atomic E-state index is 0.335. The lowest BCUT2D eigenvalue weighted by Gasteiger charge is -2.31. The molecule has 0 atom stereocenters. The van der Waals surface area contributed by atoms with Crippen LogP contribution in [0.3, 0.4) is 0 Å². The van der Waals surface area contributed by atoms with E-state index in [1.165, 1.54) is 0 Å². The number of rotatable bonds is 12. The number of esters is 4. The Balaban J connectivity index is 1.68. The number of carbonyl (C=O) groups is 4. The second kappa shape index (κ2) is 14.7. The molecule has 49 heavy (non-hydrogen) atoms. The number of carbonyl (C=O) groups excluding carboxylic acids is 4. The van der Waals surface area contributed by atoms with Crippen molar-refractivity contribution >= 4 is 23.9 Å². The van der Waals surface area contributed by atoms with Gasteiger partial charge in [-0.3, -0.25) is 0 Å². The molecule has 0 aromatic heterocycles. The van der Waals surface area contributed by atoms with Crippen LogP contribution >= 0.6 is 0 Å². The van der Waals surface area contributed by atoms with E-state index < -0.39 is 102 Å². The standard InChI is InChI=1S/C33H28O16/c34-21-1-17(2-22(35)9-21)29(42)46-13-33(14-47-30(43)18-3-23(36)10-24(37)4-18,15-48-31(44)19-5-25(38)11-26(39)6-19)16-49-32(45)20-7-27(40)12-28(41)8-20/h1-12,34-41H,13-16H2. The van der Waals surface area contributed by atoms with Crippen LogP contribution in [0.4, 0.5) is 0 Å². The smallest absolute Gasteiger partial charge is 0.338 e. The quantitative estimate of drug-likeness (QED) is 0.0789. The zero-order valence-corrected chi connectivity index (χ0v) is 25.1. The van der Waals surface area contributed by atoms with Crippen molar-refractivity contribution in [2.24, 2.45) is 5.41 Å². The lowest BCUT2D eigenvalue weighted by atomic mass is 9.92. The number of benzene rings is 4. The van der Waals surface area contributed by atoms with Crippen molar-refractivity contribution in [1.29, 1.82) is 0 Å². The van der Waals surface area contributed by atoms with E-state index in [9.17, 15) is 60.0 Å². The molecule has 16 nitrogen and oxygen atoms in total. The third-order valence-electron chi connectivity index (χ3n) is 6.59. The van der Waals surface area contributed by atoms with Crippen LogP contribution in [0.15, 0.2) is 72.8 Å². The number of phenolic OH excluding ortho intramolecular Hbond substituents is 8. The predicted octanol–water partition coefficient (Wildman–Crippen LogP) is 3.05. The molecule has 0 aliphatic heterocycles. The van der Waals surface area contributed by atoms with Crippen molar-refractivity contribution in [2.45, 2.75) is 0 Å². The molecule has 0 heterocycles. The molecule has 0 saturated heterocycles. The van der Waals surface area contributed by atoms with E-state index in [0.29, 0.717) is 0 Å². The van der Waals surface area contributed by atoms with Gasteiger partial charge >= 0.3 is 23.9 Å². The number of hydrogen-bond acceptors (Lipinski definition) is 16. The second-order valence-corrected chi connectivity index (χ2v) is 10.8. The van der Waals surface area contributed by atoms with E-state index in [1.54, 1.807) is 0 Å². The van der Waals surface area contributed by atoms with E-state index >= 15 is 0 Å². The van der Waals surface area contributed by atoms with Crippen LogP contribution in [0.5, 0.6) is 46.0 Å². The molecular weight excluding hydrogens is 652 g/mol. The highest BCUT2D eigenvalue weighted by molar-refractivity contribution is 5.92. The monoisotopic (exact) mass is 680 g/mol. The van der Waals surface area contributed by atoms with Crippen LogP contribution in [-0.4, -0.2) is 91.2 Å². The Labute approximate surface area is 275 Å². The van der Waals surface area contributed by atoms with Crippen molar-refractivity contribution in [1.82, 2.24) is 0 Å². The molecule has 0 aliphatic carbocycles. The fourth-order valence-electron chi connectivity index (χ4n) is 4.31. The van der Waals surface area contributed by atoms with Gasteiger partial charge < -0.3 is 59.8 Å². The van der Waals surface area contributed by atoms with Crippen LogP contribution in [0, 0.1) is 5.41 Å². The largest absolute Gasteiger partial charge is 0.508 e. The average molecular weight is 681 g/mol. The molecule has 0 spiro atoms. The number of hydrogen-bond donors (Lipinski definition) is 8. The van der Waals surface area contributed by atoms with Gasteiger partial charge in [-0.1, -0.05) is 0 Å². The Morgan fingerprint density at radius 1 is 0.347 bits per heavy atom. The van der Waals surface area contributed by atoms with E-state index in [1.807, 2.05) is 0 Å². The fourth-order valence-corrected chi connectivity index (χ4v) is 4.31. The zero-order chi connectivity index (χ0) is 35.9. The van der Waals surface area contributed by atoms with Crippen LogP contribution < -0.4 is 0 Å². The summed E-state index contributed by atoms with van der Waals surface area (Å²) >= 11 is 0. The topological polar surface area (TPSA) is 267 Å². The summed E-state index contributed by atoms with van der Waals surface area (Å²) in [6, 6.07) is 11.4. The summed E-state index contributed by atoms with van der Waals surface area (Å²) in [4.78, 5) is 51.9. The first-order chi connectivity index (χ1) is 23.1. The maximum Gasteiger partial charge on any atom is 0.338 e. The summed E-state index contributed by atoms with van der Waals surface area (Å²) < 4.78 is 21.4. The van der Waals surface area contributed by atoms with Gasteiger partial charge in [0, 0.05) is 24.3 Å². The molecule has 0 bridgehead atoms. The molecule has 0 unspecified atom stereocenters. The first-order valence-electron chi connectivity index (χ1n) is 13.9. The molecule has 0 fully saturated rings. The molecule has 4 rings (SSSR count). The highest BCUT2D eigenvalue weighted by Gasteiger charge is 2.39. The molecule has 4 aromatic rings. The highest BCUT2D eigenvalue weighted by atomic mass is 16.6. The van der Waals surface area contributed by atoms with Crippen molar-refractivity contribution in [3.8, 4) is 46.0 Å². The third-order valence-corrected chi connectivity index (χ3v) is 6.59. The Morgan fingerprint density at radius 3 is 0.673 bits per heavy atom. The molecule has 0 radical (unpaired) electrons. The van der Waals surface area contributed by atoms with Gasteiger partial charge in [0.05, 0.1) is 22.3 Å². The van der Waals surface area contributed by atoms with E-state index in [0.717, 1.165) is 72.8 Å². The highest BCUT2D eigenvalue weighted by Crippen LogP contribution is 2.29. The Bertz CT molecular complexity index is 1540. The van der Waals surface area contributed by atoms with Gasteiger partial charge in [0.15, 0.2) is 0 Å². The maximum atomic E-state index is 13.0. The second-order valence-electron chi connectivity index (χ2n) is 10.8. The fraction of sp³-hybridized carbons (Fsp3) is 0.152. The zero-order valence-electron chi connectivity index (χ0n) is 25.1. The van der Waals surface area contributed by atoms with E-state index in [-0.39, 0.29) is 22.3 Å². The SMILES string of the molecule is O=C(OCC(COC(=O)c1cc(O)cc(O)c1)(COC(=O)c1cc(O)cc(O)c1)COC(=O)c1cc(O)cc(O)c1)c1cc(O)cc(O)c1. The molecule has 256 valence electrons. The Kier molecular flexibility index (Phi) is 10.5. The molecule has 0 aliphatic rings. The molecule has 4 aromatic carbocycles. The van der Waals surface area contributed by atoms with Crippen molar-refractivity contribution < 1.29 is 79.0 Å². The normalized spacial score (nSPS) is 10.9. The third kappa shape index (κ3) is 9.58. The van der Waals surface area contributed by atoms with Gasteiger partial charge in [-0.05, 0) is 48.5 Å². The summed E-state index contributed by atoms with van der Waals surface area (Å²) in [5.41, 5.74) is -3.31. The predicted molar refractivity (Wildman–Crippen MR) is 163 cm³/mol. The molecule has 8 N–H and O–H groups in total. The van der Waals surface area contributed by atoms with Gasteiger partial charge in [-0.25, -0.2) is 19.2 Å². The summed E-state index contributed by atoms with van der Waals surface area (Å²) in [5.74, 6) is -8.52. The molecule has 0 saturated carbocycles. The van der Waals surface area contributed by atoms with Crippen LogP contribution in [0.1, 0.15) is 41.4 Å². The van der Waals surface area contributed by atoms with E-state index in [2.05, 4.69) is 0 Å². The van der Waals surface area contributed by atoms with Gasteiger partial charge in [0.25, 0.3) is 0 Å². The molecule has 0 amide bonds. The average Bonchev–Trinajstić information content (AvgIpc) is 3.01. The molecule has 16 heteroatoms. The van der Waals surface area contributed by atoms with Gasteiger partial charge in [-0.2, -0.15) is 0 Å². The lowest BCUT2D eigenvalue weighted by Crippen LogP contribution is -2.44. The summed E-state index contributed by atoms with van der Waals surface area (Å²) in [7, 11) is 0. The number of ether oxygens (including phenoxy) is 4. The van der Waals surface area contributed by atoms with Crippen molar-refractivity contribution in [2.75, 3.05) is 26.4 Å². The first-order valence-corrected chi connectivity index (χ1v) is 13.9. The van der Waals surface area contributed by atoms with Crippen LogP contribution in [0.2, 0.25) is 0 Å². The Morgan fingerprint density at radius 2 is 0.510 bits per heavy atom. The summed E-state index contributed by atoms with van der Waals surface area (Å²) in [6.07, 6.45) is 0. The first kappa shape index (κ1) is 35.0. The van der Waals surface area contributed by atoms with Gasteiger partial charge in [-0.15, -0.1) is 0 Å². The van der Waals surface area contributed by atoms with Gasteiger partial charge in [0.2, 0.25) is 0 Å². The van der Waals surface area contributed by atoms with Gasteiger partial charge in [0.1, 0.15) is 77.8 Å². The molecular formula is C33H28O16. The number of phenols is 8. The van der Waals surface area contributed by atoms with Crippen LogP contribution in [0.25, 0.3) is 0 Å². The minimum atomic E-state index is -1.97.